The van der Waals surface area contributed by atoms with Gasteiger partial charge in [-0.05, 0) is 93.6 Å². The Morgan fingerprint density at radius 1 is 0.800 bits per heavy atom. The molecule has 0 aliphatic carbocycles. The second kappa shape index (κ2) is 11.3. The fourth-order valence-electron chi connectivity index (χ4n) is 5.09. The minimum atomic E-state index is -0.939. The molecule has 3 aromatic carbocycles. The Bertz CT molecular complexity index is 1280. The molecule has 2 unspecified atom stereocenters. The number of hydrogen-bond donors (Lipinski definition) is 2. The summed E-state index contributed by atoms with van der Waals surface area (Å²) in [6.45, 7) is 10.2. The van der Waals surface area contributed by atoms with E-state index in [1.54, 1.807) is 50.2 Å². The molecule has 2 N–H and O–H groups in total. The molecule has 0 amide bonds. The van der Waals surface area contributed by atoms with Gasteiger partial charge >= 0.3 is 11.9 Å². The first kappa shape index (κ1) is 29.2. The fraction of sp³-hybridized carbons (Fsp3) is 0.394. The minimum absolute atomic E-state index is 0.0176. The van der Waals surface area contributed by atoms with E-state index < -0.39 is 22.2 Å². The Hall–Kier alpha value is -3.84. The average Bonchev–Trinajstić information content (AvgIpc) is 3.77. The van der Waals surface area contributed by atoms with Gasteiger partial charge in [-0.1, -0.05) is 43.3 Å². The van der Waals surface area contributed by atoms with Crippen molar-refractivity contribution >= 4 is 11.9 Å². The lowest BCUT2D eigenvalue weighted by Gasteiger charge is -2.34. The maximum atomic E-state index is 13.3. The van der Waals surface area contributed by atoms with Crippen molar-refractivity contribution in [2.75, 3.05) is 13.2 Å². The molecule has 2 atom stereocenters. The molecule has 0 radical (unpaired) electrons. The van der Waals surface area contributed by atoms with Crippen LogP contribution in [0, 0.1) is 10.8 Å². The van der Waals surface area contributed by atoms with Gasteiger partial charge in [0.15, 0.2) is 0 Å². The SMILES string of the molecule is CCC(C)(CC(C)(C)C(=O)Oc1ccc(C(C)(c2ccc(O)cc2)c2ccc(O)cc2)cc1)C(=O)OCC1CO1. The average molecular weight is 547 g/mol. The van der Waals surface area contributed by atoms with Crippen LogP contribution in [0.25, 0.3) is 0 Å². The minimum Gasteiger partial charge on any atom is -0.508 e. The van der Waals surface area contributed by atoms with Crippen molar-refractivity contribution in [2.24, 2.45) is 10.8 Å². The summed E-state index contributed by atoms with van der Waals surface area (Å²) in [5, 5.41) is 19.7. The molecule has 7 heteroatoms. The molecule has 0 bridgehead atoms. The number of carbonyl (C=O) groups excluding carboxylic acids is 2. The Labute approximate surface area is 235 Å². The molecule has 1 saturated heterocycles. The summed E-state index contributed by atoms with van der Waals surface area (Å²) >= 11 is 0. The van der Waals surface area contributed by atoms with Crippen LogP contribution in [0.2, 0.25) is 0 Å². The van der Waals surface area contributed by atoms with E-state index in [0.29, 0.717) is 18.8 Å². The Balaban J connectivity index is 1.53. The Morgan fingerprint density at radius 3 is 1.68 bits per heavy atom. The lowest BCUT2D eigenvalue weighted by atomic mass is 9.71. The number of phenolic OH excluding ortho intramolecular Hbond substituents is 2. The molecule has 1 aliphatic heterocycles. The first-order valence-electron chi connectivity index (χ1n) is 13.6. The van der Waals surface area contributed by atoms with Crippen LogP contribution in [0.3, 0.4) is 0 Å². The second-order valence-corrected chi connectivity index (χ2v) is 11.7. The summed E-state index contributed by atoms with van der Waals surface area (Å²) in [5.41, 5.74) is 0.436. The highest BCUT2D eigenvalue weighted by atomic mass is 16.6. The van der Waals surface area contributed by atoms with E-state index in [0.717, 1.165) is 16.7 Å². The van der Waals surface area contributed by atoms with Crippen molar-refractivity contribution in [1.82, 2.24) is 0 Å². The van der Waals surface area contributed by atoms with E-state index in [2.05, 4.69) is 6.92 Å². The van der Waals surface area contributed by atoms with Gasteiger partial charge in [-0.3, -0.25) is 9.59 Å². The number of aromatic hydroxyl groups is 2. The van der Waals surface area contributed by atoms with Crippen LogP contribution < -0.4 is 4.74 Å². The number of hydrogen-bond acceptors (Lipinski definition) is 7. The van der Waals surface area contributed by atoms with Crippen LogP contribution in [0.15, 0.2) is 72.8 Å². The molecule has 7 nitrogen and oxygen atoms in total. The first-order chi connectivity index (χ1) is 18.9. The zero-order valence-corrected chi connectivity index (χ0v) is 23.8. The Morgan fingerprint density at radius 2 is 1.25 bits per heavy atom. The van der Waals surface area contributed by atoms with E-state index in [1.165, 1.54) is 0 Å². The summed E-state index contributed by atoms with van der Waals surface area (Å²) in [6.07, 6.45) is 0.781. The zero-order valence-electron chi connectivity index (χ0n) is 23.8. The quantitative estimate of drug-likeness (QED) is 0.129. The summed E-state index contributed by atoms with van der Waals surface area (Å²) in [7, 11) is 0. The molecule has 0 spiro atoms. The summed E-state index contributed by atoms with van der Waals surface area (Å²) in [4.78, 5) is 26.1. The van der Waals surface area contributed by atoms with E-state index in [9.17, 15) is 19.8 Å². The van der Waals surface area contributed by atoms with Crippen LogP contribution in [0.4, 0.5) is 0 Å². The number of esters is 2. The maximum absolute atomic E-state index is 13.3. The smallest absolute Gasteiger partial charge is 0.316 e. The van der Waals surface area contributed by atoms with Crippen LogP contribution in [-0.4, -0.2) is 41.5 Å². The van der Waals surface area contributed by atoms with Crippen LogP contribution in [0.5, 0.6) is 17.2 Å². The van der Waals surface area contributed by atoms with Crippen LogP contribution in [-0.2, 0) is 24.5 Å². The number of phenols is 2. The topological polar surface area (TPSA) is 106 Å². The van der Waals surface area contributed by atoms with Crippen molar-refractivity contribution in [1.29, 1.82) is 0 Å². The lowest BCUT2D eigenvalue weighted by Crippen LogP contribution is -2.39. The molecule has 1 fully saturated rings. The van der Waals surface area contributed by atoms with E-state index in [4.69, 9.17) is 14.2 Å². The second-order valence-electron chi connectivity index (χ2n) is 11.7. The molecule has 212 valence electrons. The number of ether oxygens (including phenoxy) is 3. The van der Waals surface area contributed by atoms with Gasteiger partial charge in [0.25, 0.3) is 0 Å². The zero-order chi connectivity index (χ0) is 29.1. The monoisotopic (exact) mass is 546 g/mol. The first-order valence-corrected chi connectivity index (χ1v) is 13.6. The van der Waals surface area contributed by atoms with Crippen LogP contribution >= 0.6 is 0 Å². The van der Waals surface area contributed by atoms with Crippen molar-refractivity contribution in [3.63, 3.8) is 0 Å². The molecule has 3 aromatic rings. The van der Waals surface area contributed by atoms with Crippen molar-refractivity contribution < 1.29 is 34.0 Å². The van der Waals surface area contributed by atoms with Gasteiger partial charge in [-0.25, -0.2) is 0 Å². The predicted molar refractivity (Wildman–Crippen MR) is 151 cm³/mol. The largest absolute Gasteiger partial charge is 0.508 e. The maximum Gasteiger partial charge on any atom is 0.316 e. The van der Waals surface area contributed by atoms with Crippen molar-refractivity contribution in [3.8, 4) is 17.2 Å². The Kier molecular flexibility index (Phi) is 8.26. The number of epoxide rings is 1. The van der Waals surface area contributed by atoms with Gasteiger partial charge in [0, 0.05) is 5.41 Å². The molecule has 1 aliphatic rings. The summed E-state index contributed by atoms with van der Waals surface area (Å²) in [5.74, 6) is -0.0269. The van der Waals surface area contributed by atoms with Gasteiger partial charge in [-0.2, -0.15) is 0 Å². The van der Waals surface area contributed by atoms with Gasteiger partial charge in [-0.15, -0.1) is 0 Å². The molecule has 0 saturated carbocycles. The van der Waals surface area contributed by atoms with Gasteiger partial charge < -0.3 is 24.4 Å². The van der Waals surface area contributed by atoms with E-state index in [-0.39, 0.29) is 36.6 Å². The van der Waals surface area contributed by atoms with E-state index >= 15 is 0 Å². The van der Waals surface area contributed by atoms with Gasteiger partial charge in [0.2, 0.25) is 0 Å². The highest BCUT2D eigenvalue weighted by molar-refractivity contribution is 5.81. The van der Waals surface area contributed by atoms with E-state index in [1.807, 2.05) is 50.2 Å². The number of benzene rings is 3. The van der Waals surface area contributed by atoms with Gasteiger partial charge in [0.05, 0.1) is 17.4 Å². The molecule has 0 aromatic heterocycles. The summed E-state index contributed by atoms with van der Waals surface area (Å²) in [6, 6.07) is 21.4. The molecule has 40 heavy (non-hydrogen) atoms. The third kappa shape index (κ3) is 6.31. The summed E-state index contributed by atoms with van der Waals surface area (Å²) < 4.78 is 16.4. The standard InChI is InChI=1S/C33H38O7/c1-6-32(4,30(37)39-20-28-19-38-28)21-31(2,3)29(36)40-27-17-11-24(12-18-27)33(5,22-7-13-25(34)14-8-22)23-9-15-26(35)16-10-23/h7-18,28,34-35H,6,19-21H2,1-5H3. The normalized spacial score (nSPS) is 16.6. The van der Waals surface area contributed by atoms with Crippen molar-refractivity contribution in [2.45, 2.75) is 59.0 Å². The molecular weight excluding hydrogens is 508 g/mol. The number of carbonyl (C=O) groups is 2. The highest BCUT2D eigenvalue weighted by Crippen LogP contribution is 2.41. The third-order valence-corrected chi connectivity index (χ3v) is 7.99. The highest BCUT2D eigenvalue weighted by Gasteiger charge is 2.43. The molecule has 4 rings (SSSR count). The lowest BCUT2D eigenvalue weighted by molar-refractivity contribution is -0.160. The van der Waals surface area contributed by atoms with Gasteiger partial charge in [0.1, 0.15) is 30.0 Å². The van der Waals surface area contributed by atoms with Crippen LogP contribution in [0.1, 0.15) is 64.2 Å². The predicted octanol–water partition coefficient (Wildman–Crippen LogP) is 6.13. The molecule has 1 heterocycles. The fourth-order valence-corrected chi connectivity index (χ4v) is 5.09. The van der Waals surface area contributed by atoms with Crippen molar-refractivity contribution in [3.05, 3.63) is 89.5 Å². The third-order valence-electron chi connectivity index (χ3n) is 7.99. The number of rotatable bonds is 11. The molecular formula is C33H38O7.